The summed E-state index contributed by atoms with van der Waals surface area (Å²) in [6.07, 6.45) is 1.46. The predicted molar refractivity (Wildman–Crippen MR) is 115 cm³/mol. The highest BCUT2D eigenvalue weighted by molar-refractivity contribution is 7.81. The predicted octanol–water partition coefficient (Wildman–Crippen LogP) is 3.21. The van der Waals surface area contributed by atoms with Gasteiger partial charge in [0.25, 0.3) is 5.91 Å². The molecule has 1 saturated heterocycles. The number of Topliss-reactive ketones (excluding diaryl/α,β-unsaturated/α-hetero) is 1. The van der Waals surface area contributed by atoms with Crippen molar-refractivity contribution in [3.8, 4) is 5.75 Å². The van der Waals surface area contributed by atoms with Crippen molar-refractivity contribution < 1.29 is 19.1 Å². The van der Waals surface area contributed by atoms with Crippen LogP contribution in [0.25, 0.3) is 0 Å². The van der Waals surface area contributed by atoms with Crippen molar-refractivity contribution in [2.75, 3.05) is 31.5 Å². The van der Waals surface area contributed by atoms with Crippen molar-refractivity contribution in [1.29, 1.82) is 0 Å². The van der Waals surface area contributed by atoms with Crippen LogP contribution < -0.4 is 5.32 Å². The van der Waals surface area contributed by atoms with E-state index in [0.717, 1.165) is 25.9 Å². The van der Waals surface area contributed by atoms with Gasteiger partial charge in [-0.1, -0.05) is 6.07 Å². The summed E-state index contributed by atoms with van der Waals surface area (Å²) in [5.74, 6) is -0.640. The Kier molecular flexibility index (Phi) is 5.97. The topological polar surface area (TPSA) is 72.9 Å². The molecule has 8 heteroatoms. The van der Waals surface area contributed by atoms with Gasteiger partial charge in [-0.25, -0.2) is 4.39 Å². The number of hydrogen-bond acceptors (Lipinski definition) is 6. The average Bonchev–Trinajstić information content (AvgIpc) is 2.74. The Hall–Kier alpha value is -2.58. The average molecular weight is 430 g/mol. The number of piperidine rings is 1. The fraction of sp³-hybridized carbons (Fsp3) is 0.364. The number of ketones is 1. The van der Waals surface area contributed by atoms with Crippen molar-refractivity contribution in [2.45, 2.75) is 18.3 Å². The van der Waals surface area contributed by atoms with Crippen LogP contribution in [0.4, 0.5) is 10.1 Å². The largest absolute Gasteiger partial charge is 0.507 e. The molecule has 2 aromatic rings. The lowest BCUT2D eigenvalue weighted by Gasteiger charge is -2.38. The number of fused-ring (bicyclic) bond motifs is 1. The Morgan fingerprint density at radius 1 is 1.13 bits per heavy atom. The maximum atomic E-state index is 13.1. The van der Waals surface area contributed by atoms with Crippen LogP contribution in [0.5, 0.6) is 5.75 Å². The molecule has 2 aliphatic rings. The second-order valence-corrected chi connectivity index (χ2v) is 8.19. The third kappa shape index (κ3) is 4.15. The van der Waals surface area contributed by atoms with Crippen LogP contribution >= 0.6 is 12.6 Å². The summed E-state index contributed by atoms with van der Waals surface area (Å²) in [4.78, 5) is 29.3. The van der Waals surface area contributed by atoms with Gasteiger partial charge in [0.05, 0.1) is 5.69 Å². The molecule has 1 amide bonds. The summed E-state index contributed by atoms with van der Waals surface area (Å²) in [6, 6.07) is 10.6. The number of hydrogen-bond donors (Lipinski definition) is 3. The second kappa shape index (κ2) is 8.65. The van der Waals surface area contributed by atoms with Gasteiger partial charge >= 0.3 is 0 Å². The van der Waals surface area contributed by atoms with Crippen molar-refractivity contribution in [1.82, 2.24) is 9.80 Å². The zero-order valence-corrected chi connectivity index (χ0v) is 17.3. The molecule has 2 aromatic carbocycles. The Morgan fingerprint density at radius 2 is 1.83 bits per heavy atom. The number of carbonyl (C=O) groups is 2. The van der Waals surface area contributed by atoms with E-state index in [1.165, 1.54) is 18.2 Å². The van der Waals surface area contributed by atoms with Crippen LogP contribution in [0.1, 0.15) is 33.6 Å². The minimum absolute atomic E-state index is 0.0460. The Bertz CT molecular complexity index is 945. The fourth-order valence-corrected chi connectivity index (χ4v) is 4.46. The Morgan fingerprint density at radius 3 is 2.53 bits per heavy atom. The molecule has 158 valence electrons. The van der Waals surface area contributed by atoms with Gasteiger partial charge in [0.15, 0.2) is 5.78 Å². The van der Waals surface area contributed by atoms with Gasteiger partial charge in [-0.05, 0) is 62.3 Å². The summed E-state index contributed by atoms with van der Waals surface area (Å²) >= 11 is 4.48. The molecule has 1 unspecified atom stereocenters. The number of nitrogens with zero attached hydrogens (tertiary/aromatic N) is 2. The molecular formula is C22H24FN3O3S. The normalized spacial score (nSPS) is 20.0. The molecule has 1 atom stereocenters. The van der Waals surface area contributed by atoms with Crippen molar-refractivity contribution in [3.63, 3.8) is 0 Å². The first-order valence-electron chi connectivity index (χ1n) is 10.0. The number of phenolic OH excluding ortho intramolecular Hbond substituents is 1. The highest BCUT2D eigenvalue weighted by Crippen LogP contribution is 2.32. The lowest BCUT2D eigenvalue weighted by atomic mass is 9.89. The molecule has 6 nitrogen and oxygen atoms in total. The molecule has 2 aliphatic heterocycles. The van der Waals surface area contributed by atoms with E-state index in [1.54, 1.807) is 29.2 Å². The molecular weight excluding hydrogens is 405 g/mol. The van der Waals surface area contributed by atoms with E-state index in [1.807, 2.05) is 0 Å². The third-order valence-electron chi connectivity index (χ3n) is 5.84. The van der Waals surface area contributed by atoms with Crippen LogP contribution in [-0.4, -0.2) is 58.3 Å². The van der Waals surface area contributed by atoms with Crippen molar-refractivity contribution in [3.05, 3.63) is 59.4 Å². The first-order valence-corrected chi connectivity index (χ1v) is 10.6. The molecule has 2 heterocycles. The number of aromatic hydroxyl groups is 1. The summed E-state index contributed by atoms with van der Waals surface area (Å²) in [5, 5.41) is 13.2. The fourth-order valence-electron chi connectivity index (χ4n) is 4.10. The number of carbonyl (C=O) groups excluding carboxylic acids is 2. The van der Waals surface area contributed by atoms with Crippen LogP contribution in [0.3, 0.4) is 0 Å². The summed E-state index contributed by atoms with van der Waals surface area (Å²) in [6.45, 7) is 2.63. The van der Waals surface area contributed by atoms with E-state index in [9.17, 15) is 19.1 Å². The van der Waals surface area contributed by atoms with E-state index in [4.69, 9.17) is 0 Å². The summed E-state index contributed by atoms with van der Waals surface area (Å²) in [7, 11) is 0. The quantitative estimate of drug-likeness (QED) is 0.503. The highest BCUT2D eigenvalue weighted by atomic mass is 32.1. The smallest absolute Gasteiger partial charge is 0.262 e. The number of likely N-dealkylation sites (tertiary alicyclic amines) is 1. The first kappa shape index (κ1) is 20.7. The molecule has 0 aliphatic carbocycles. The molecule has 0 radical (unpaired) electrons. The molecule has 0 saturated carbocycles. The standard InChI is InChI=1S/C22H24FN3O3S/c23-16-6-4-14(5-7-16)20(28)15-8-10-25(11-9-15)12-13-26-21(29)19-17(24-22(26)30)2-1-3-18(19)27/h1-7,15,22,24,27,30H,8-13H2. The molecule has 4 rings (SSSR count). The number of phenols is 1. The molecule has 30 heavy (non-hydrogen) atoms. The molecule has 0 bridgehead atoms. The Labute approximate surface area is 180 Å². The molecule has 0 aromatic heterocycles. The SMILES string of the molecule is O=C(c1ccc(F)cc1)C1CCN(CCN2C(=O)c3c(O)cccc3NC2S)CC1. The van der Waals surface area contributed by atoms with Crippen LogP contribution in [0.15, 0.2) is 42.5 Å². The number of halogens is 1. The van der Waals surface area contributed by atoms with Crippen molar-refractivity contribution >= 4 is 30.0 Å². The van der Waals surface area contributed by atoms with Gasteiger partial charge in [0, 0.05) is 24.6 Å². The highest BCUT2D eigenvalue weighted by Gasteiger charge is 2.33. The Balaban J connectivity index is 1.32. The van der Waals surface area contributed by atoms with Crippen LogP contribution in [-0.2, 0) is 0 Å². The van der Waals surface area contributed by atoms with E-state index in [0.29, 0.717) is 24.3 Å². The van der Waals surface area contributed by atoms with Crippen LogP contribution in [0, 0.1) is 11.7 Å². The number of benzene rings is 2. The minimum Gasteiger partial charge on any atom is -0.507 e. The monoisotopic (exact) mass is 429 g/mol. The minimum atomic E-state index is -0.468. The zero-order valence-electron chi connectivity index (χ0n) is 16.4. The third-order valence-corrected chi connectivity index (χ3v) is 6.25. The van der Waals surface area contributed by atoms with Gasteiger partial charge in [0.2, 0.25) is 0 Å². The number of rotatable bonds is 5. The first-order chi connectivity index (χ1) is 14.4. The molecule has 0 spiro atoms. The van der Waals surface area contributed by atoms with E-state index < -0.39 is 5.50 Å². The van der Waals surface area contributed by atoms with E-state index in [-0.39, 0.29) is 34.7 Å². The number of anilines is 1. The lowest BCUT2D eigenvalue weighted by Crippen LogP contribution is -2.49. The summed E-state index contributed by atoms with van der Waals surface area (Å²) < 4.78 is 13.1. The van der Waals surface area contributed by atoms with Gasteiger partial charge in [-0.3, -0.25) is 9.59 Å². The van der Waals surface area contributed by atoms with E-state index >= 15 is 0 Å². The van der Waals surface area contributed by atoms with Gasteiger partial charge in [0.1, 0.15) is 22.6 Å². The number of nitrogens with one attached hydrogen (secondary N) is 1. The second-order valence-electron chi connectivity index (χ2n) is 7.70. The maximum Gasteiger partial charge on any atom is 0.262 e. The van der Waals surface area contributed by atoms with Crippen LogP contribution in [0.2, 0.25) is 0 Å². The molecule has 2 N–H and O–H groups in total. The summed E-state index contributed by atoms with van der Waals surface area (Å²) in [5.41, 5.74) is 0.934. The number of amides is 1. The van der Waals surface area contributed by atoms with Gasteiger partial charge in [-0.15, -0.1) is 12.6 Å². The molecule has 1 fully saturated rings. The van der Waals surface area contributed by atoms with Gasteiger partial charge in [-0.2, -0.15) is 0 Å². The lowest BCUT2D eigenvalue weighted by molar-refractivity contribution is 0.0695. The van der Waals surface area contributed by atoms with Crippen molar-refractivity contribution in [2.24, 2.45) is 5.92 Å². The number of thiol groups is 1. The van der Waals surface area contributed by atoms with E-state index in [2.05, 4.69) is 22.8 Å². The zero-order chi connectivity index (χ0) is 21.3. The van der Waals surface area contributed by atoms with Gasteiger partial charge < -0.3 is 20.2 Å². The maximum absolute atomic E-state index is 13.1.